The third-order valence-electron chi connectivity index (χ3n) is 4.35. The zero-order valence-corrected chi connectivity index (χ0v) is 18.5. The van der Waals surface area contributed by atoms with Crippen molar-refractivity contribution in [2.24, 2.45) is 10.9 Å². The molecule has 2 fully saturated rings. The topological polar surface area (TPSA) is 49.8 Å². The van der Waals surface area contributed by atoms with Gasteiger partial charge in [0.1, 0.15) is 0 Å². The molecule has 0 aromatic carbocycles. The number of pyridine rings is 1. The molecule has 7 heteroatoms. The largest absolute Gasteiger partial charge is 0.477 e. The second kappa shape index (κ2) is 9.30. The third-order valence-corrected chi connectivity index (χ3v) is 5.65. The molecule has 2 aliphatic rings. The molecule has 25 heavy (non-hydrogen) atoms. The minimum atomic E-state index is 0. The summed E-state index contributed by atoms with van der Waals surface area (Å²) in [4.78, 5) is 11.1. The summed E-state index contributed by atoms with van der Waals surface area (Å²) in [5, 5.41) is 3.48. The summed E-state index contributed by atoms with van der Waals surface area (Å²) in [6.45, 7) is 8.18. The Hall–Kier alpha value is -0.700. The van der Waals surface area contributed by atoms with Crippen LogP contribution in [0.4, 0.5) is 0 Å². The number of nitrogens with zero attached hydrogens (tertiary/aromatic N) is 3. The first kappa shape index (κ1) is 20.6. The number of aliphatic imine (C=N–C) groups is 1. The van der Waals surface area contributed by atoms with Crippen LogP contribution in [0, 0.1) is 5.92 Å². The zero-order valence-electron chi connectivity index (χ0n) is 15.3. The molecule has 0 amide bonds. The molecule has 0 atom stereocenters. The van der Waals surface area contributed by atoms with Crippen molar-refractivity contribution in [1.29, 1.82) is 0 Å². The van der Waals surface area contributed by atoms with E-state index >= 15 is 0 Å². The molecular weight excluding hydrogens is 447 g/mol. The van der Waals surface area contributed by atoms with Crippen LogP contribution in [0.1, 0.15) is 32.3 Å². The van der Waals surface area contributed by atoms with Crippen LogP contribution in [0.3, 0.4) is 0 Å². The van der Waals surface area contributed by atoms with Crippen molar-refractivity contribution in [3.05, 3.63) is 23.9 Å². The van der Waals surface area contributed by atoms with Crippen LogP contribution in [0.15, 0.2) is 23.3 Å². The Morgan fingerprint density at radius 3 is 2.96 bits per heavy atom. The molecule has 1 saturated carbocycles. The average Bonchev–Trinajstić information content (AvgIpc) is 3.37. The van der Waals surface area contributed by atoms with Gasteiger partial charge in [0, 0.05) is 49.4 Å². The lowest BCUT2D eigenvalue weighted by atomic mass is 10.2. The van der Waals surface area contributed by atoms with E-state index in [0.29, 0.717) is 0 Å². The summed E-state index contributed by atoms with van der Waals surface area (Å²) in [5.74, 6) is 3.59. The normalized spacial score (nSPS) is 20.0. The molecular formula is C18H29IN4OS. The van der Waals surface area contributed by atoms with Gasteiger partial charge in [0.25, 0.3) is 0 Å². The predicted octanol–water partition coefficient (Wildman–Crippen LogP) is 3.39. The van der Waals surface area contributed by atoms with Crippen molar-refractivity contribution in [1.82, 2.24) is 15.2 Å². The fraction of sp³-hybridized carbons (Fsp3) is 0.667. The van der Waals surface area contributed by atoms with Gasteiger partial charge >= 0.3 is 0 Å². The number of halogens is 1. The van der Waals surface area contributed by atoms with Gasteiger partial charge in [-0.25, -0.2) is 4.98 Å². The Morgan fingerprint density at radius 1 is 1.48 bits per heavy atom. The Kier molecular flexibility index (Phi) is 7.67. The first-order chi connectivity index (χ1) is 11.6. The van der Waals surface area contributed by atoms with Gasteiger partial charge in [0.15, 0.2) is 5.96 Å². The maximum atomic E-state index is 5.77. The number of nitrogens with one attached hydrogen (secondary N) is 1. The van der Waals surface area contributed by atoms with Crippen molar-refractivity contribution in [3.8, 4) is 5.88 Å². The standard InChI is InChI=1S/C18H28N4OS.HI/c1-18(2)13-22(8-9-24-18)17(19-3)21-11-15-6-7-20-16(10-15)23-12-14-4-5-14;/h6-7,10,14H,4-5,8-9,11-13H2,1-3H3,(H,19,21);1H. The van der Waals surface area contributed by atoms with Crippen LogP contribution in [0.25, 0.3) is 0 Å². The van der Waals surface area contributed by atoms with Gasteiger partial charge in [-0.3, -0.25) is 4.99 Å². The lowest BCUT2D eigenvalue weighted by Crippen LogP contribution is -2.50. The lowest BCUT2D eigenvalue weighted by molar-refractivity contribution is 0.288. The Morgan fingerprint density at radius 2 is 2.28 bits per heavy atom. The van der Waals surface area contributed by atoms with Crippen LogP contribution in [0.2, 0.25) is 0 Å². The second-order valence-electron chi connectivity index (χ2n) is 7.19. The molecule has 1 N–H and O–H groups in total. The Bertz CT molecular complexity index is 592. The van der Waals surface area contributed by atoms with E-state index in [1.807, 2.05) is 37.1 Å². The lowest BCUT2D eigenvalue weighted by Gasteiger charge is -2.39. The summed E-state index contributed by atoms with van der Waals surface area (Å²) in [6, 6.07) is 4.05. The molecule has 0 radical (unpaired) electrons. The van der Waals surface area contributed by atoms with Crippen LogP contribution < -0.4 is 10.1 Å². The number of ether oxygens (including phenoxy) is 1. The van der Waals surface area contributed by atoms with Gasteiger partial charge in [0.05, 0.1) is 6.61 Å². The maximum absolute atomic E-state index is 5.77. The molecule has 2 heterocycles. The molecule has 0 bridgehead atoms. The molecule has 1 aromatic heterocycles. The highest BCUT2D eigenvalue weighted by Gasteiger charge is 2.28. The van der Waals surface area contributed by atoms with Gasteiger partial charge in [-0.05, 0) is 44.2 Å². The smallest absolute Gasteiger partial charge is 0.213 e. The van der Waals surface area contributed by atoms with E-state index in [4.69, 9.17) is 4.74 Å². The van der Waals surface area contributed by atoms with Gasteiger partial charge in [-0.2, -0.15) is 11.8 Å². The van der Waals surface area contributed by atoms with Crippen LogP contribution in [0.5, 0.6) is 5.88 Å². The van der Waals surface area contributed by atoms with Crippen LogP contribution in [-0.4, -0.2) is 53.1 Å². The highest BCUT2D eigenvalue weighted by Crippen LogP contribution is 2.30. The number of thioether (sulfide) groups is 1. The summed E-state index contributed by atoms with van der Waals surface area (Å²) in [7, 11) is 1.85. The summed E-state index contributed by atoms with van der Waals surface area (Å²) in [5.41, 5.74) is 1.17. The van der Waals surface area contributed by atoms with Crippen molar-refractivity contribution >= 4 is 41.7 Å². The van der Waals surface area contributed by atoms with Crippen molar-refractivity contribution in [2.45, 2.75) is 38.0 Å². The fourth-order valence-corrected chi connectivity index (χ4v) is 3.95. The first-order valence-corrected chi connectivity index (χ1v) is 9.71. The number of guanidine groups is 1. The van der Waals surface area contributed by atoms with Crippen LogP contribution in [-0.2, 0) is 6.54 Å². The van der Waals surface area contributed by atoms with E-state index in [1.165, 1.54) is 18.4 Å². The Balaban J connectivity index is 0.00000225. The first-order valence-electron chi connectivity index (χ1n) is 8.73. The second-order valence-corrected chi connectivity index (χ2v) is 8.99. The minimum Gasteiger partial charge on any atom is -0.477 e. The van der Waals surface area contributed by atoms with E-state index in [-0.39, 0.29) is 28.7 Å². The molecule has 1 aromatic rings. The molecule has 3 rings (SSSR count). The van der Waals surface area contributed by atoms with E-state index < -0.39 is 0 Å². The van der Waals surface area contributed by atoms with E-state index in [0.717, 1.165) is 49.8 Å². The maximum Gasteiger partial charge on any atom is 0.213 e. The minimum absolute atomic E-state index is 0. The molecule has 140 valence electrons. The summed E-state index contributed by atoms with van der Waals surface area (Å²) >= 11 is 2.03. The molecule has 0 spiro atoms. The number of aromatic nitrogens is 1. The van der Waals surface area contributed by atoms with Gasteiger partial charge in [-0.1, -0.05) is 0 Å². The number of rotatable bonds is 5. The van der Waals surface area contributed by atoms with Gasteiger partial charge < -0.3 is 15.0 Å². The highest BCUT2D eigenvalue weighted by atomic mass is 127. The average molecular weight is 476 g/mol. The number of hydrogen-bond acceptors (Lipinski definition) is 4. The third kappa shape index (κ3) is 6.51. The fourth-order valence-electron chi connectivity index (χ4n) is 2.84. The summed E-state index contributed by atoms with van der Waals surface area (Å²) < 4.78 is 6.04. The highest BCUT2D eigenvalue weighted by molar-refractivity contribution is 14.0. The monoisotopic (exact) mass is 476 g/mol. The van der Waals surface area contributed by atoms with Crippen molar-refractivity contribution in [3.63, 3.8) is 0 Å². The predicted molar refractivity (Wildman–Crippen MR) is 116 cm³/mol. The molecule has 5 nitrogen and oxygen atoms in total. The van der Waals surface area contributed by atoms with E-state index in [2.05, 4.69) is 34.0 Å². The Labute approximate surface area is 172 Å². The van der Waals surface area contributed by atoms with Crippen molar-refractivity contribution < 1.29 is 4.74 Å². The van der Waals surface area contributed by atoms with E-state index in [9.17, 15) is 0 Å². The van der Waals surface area contributed by atoms with E-state index in [1.54, 1.807) is 0 Å². The SMILES string of the molecule is CN=C(NCc1ccnc(OCC2CC2)c1)N1CCSC(C)(C)C1.I. The van der Waals surface area contributed by atoms with Crippen LogP contribution >= 0.6 is 35.7 Å². The quantitative estimate of drug-likeness (QED) is 0.401. The van der Waals surface area contributed by atoms with Gasteiger partial charge in [0.2, 0.25) is 5.88 Å². The summed E-state index contributed by atoms with van der Waals surface area (Å²) in [6.07, 6.45) is 4.41. The zero-order chi connectivity index (χ0) is 17.0. The molecule has 1 saturated heterocycles. The number of hydrogen-bond donors (Lipinski definition) is 1. The molecule has 1 aliphatic carbocycles. The van der Waals surface area contributed by atoms with Gasteiger partial charge in [-0.15, -0.1) is 24.0 Å². The molecule has 1 aliphatic heterocycles. The molecule has 0 unspecified atom stereocenters. The van der Waals surface area contributed by atoms with Crippen molar-refractivity contribution in [2.75, 3.05) is 32.5 Å².